The lowest BCUT2D eigenvalue weighted by atomic mass is 9.84. The van der Waals surface area contributed by atoms with Crippen molar-refractivity contribution in [3.05, 3.63) is 150 Å². The van der Waals surface area contributed by atoms with Crippen molar-refractivity contribution in [2.45, 2.75) is 35.9 Å². The molecule has 5 aromatic rings. The summed E-state index contributed by atoms with van der Waals surface area (Å²) in [4.78, 5) is 21.9. The molecule has 6 rings (SSSR count). The minimum Gasteiger partial charge on any atom is -0.494 e. The molecule has 0 fully saturated rings. The number of ether oxygens (including phenoxy) is 2. The number of benzene rings is 5. The van der Waals surface area contributed by atoms with Crippen LogP contribution >= 0.6 is 0 Å². The number of amides is 1. The topological polar surface area (TPSA) is 118 Å². The van der Waals surface area contributed by atoms with Crippen molar-refractivity contribution in [3.8, 4) is 16.9 Å². The molecule has 0 aromatic heterocycles. The van der Waals surface area contributed by atoms with Gasteiger partial charge in [-0.15, -0.1) is 0 Å². The van der Waals surface area contributed by atoms with Crippen molar-refractivity contribution in [2.24, 2.45) is 4.99 Å². The van der Waals surface area contributed by atoms with E-state index in [1.807, 2.05) is 97.9 Å². The highest BCUT2D eigenvalue weighted by molar-refractivity contribution is 7.91. The molecule has 268 valence electrons. The van der Waals surface area contributed by atoms with Crippen molar-refractivity contribution in [2.75, 3.05) is 38.0 Å². The predicted octanol–water partition coefficient (Wildman–Crippen LogP) is 6.62. The quantitative estimate of drug-likeness (QED) is 0.117. The van der Waals surface area contributed by atoms with Crippen LogP contribution in [0, 0.1) is 0 Å². The molecule has 9 nitrogen and oxygen atoms in total. The molecule has 10 heteroatoms. The maximum atomic E-state index is 14.7. The minimum absolute atomic E-state index is 0.0297. The largest absolute Gasteiger partial charge is 0.494 e. The number of carbonyl (C=O) groups excluding carboxylic acids is 1. The van der Waals surface area contributed by atoms with E-state index in [2.05, 4.69) is 5.32 Å². The van der Waals surface area contributed by atoms with Gasteiger partial charge in [-0.1, -0.05) is 84.9 Å². The Balaban J connectivity index is 1.39. The summed E-state index contributed by atoms with van der Waals surface area (Å²) >= 11 is 0. The van der Waals surface area contributed by atoms with Gasteiger partial charge in [-0.3, -0.25) is 4.79 Å². The van der Waals surface area contributed by atoms with Gasteiger partial charge in [0.05, 0.1) is 17.3 Å². The number of aliphatic imine (C=N–C) groups is 1. The summed E-state index contributed by atoms with van der Waals surface area (Å²) < 4.78 is 39.8. The fourth-order valence-corrected chi connectivity index (χ4v) is 7.52. The Labute approximate surface area is 305 Å². The second kappa shape index (κ2) is 16.3. The van der Waals surface area contributed by atoms with Crippen LogP contribution in [0.15, 0.2) is 143 Å². The van der Waals surface area contributed by atoms with Crippen LogP contribution in [0.2, 0.25) is 0 Å². The number of carbonyl (C=O) groups is 1. The summed E-state index contributed by atoms with van der Waals surface area (Å²) in [7, 11) is 0.134. The van der Waals surface area contributed by atoms with E-state index in [-0.39, 0.29) is 36.1 Å². The zero-order valence-corrected chi connectivity index (χ0v) is 30.1. The summed E-state index contributed by atoms with van der Waals surface area (Å²) in [5.74, 6) is 0.0606. The number of nitrogens with one attached hydrogen (secondary N) is 1. The molecule has 0 saturated carbocycles. The molecular weight excluding hydrogens is 675 g/mol. The average molecular weight is 718 g/mol. The van der Waals surface area contributed by atoms with Crippen LogP contribution in [0.25, 0.3) is 11.1 Å². The summed E-state index contributed by atoms with van der Waals surface area (Å²) in [6, 6.07) is 41.0. The molecular formula is C42H43N3O6S. The van der Waals surface area contributed by atoms with Gasteiger partial charge >= 0.3 is 0 Å². The van der Waals surface area contributed by atoms with Crippen LogP contribution in [0.5, 0.6) is 5.75 Å². The normalized spacial score (nSPS) is 16.8. The van der Waals surface area contributed by atoms with Gasteiger partial charge in [-0.25, -0.2) is 13.4 Å². The summed E-state index contributed by atoms with van der Waals surface area (Å²) in [6.45, 7) is 0.609. The summed E-state index contributed by atoms with van der Waals surface area (Å²) in [6.07, 6.45) is -0.562. The molecule has 0 spiro atoms. The van der Waals surface area contributed by atoms with E-state index in [1.54, 1.807) is 54.6 Å². The van der Waals surface area contributed by atoms with Crippen LogP contribution in [0.4, 0.5) is 5.69 Å². The number of anilines is 1. The van der Waals surface area contributed by atoms with E-state index in [1.165, 1.54) is 0 Å². The fourth-order valence-electron chi connectivity index (χ4n) is 6.13. The lowest BCUT2D eigenvalue weighted by Crippen LogP contribution is -2.49. The smallest absolute Gasteiger partial charge is 0.252 e. The highest BCUT2D eigenvalue weighted by Crippen LogP contribution is 2.43. The van der Waals surface area contributed by atoms with Crippen molar-refractivity contribution in [1.82, 2.24) is 5.32 Å². The minimum atomic E-state index is -3.79. The molecule has 1 heterocycles. The van der Waals surface area contributed by atoms with Crippen LogP contribution < -0.4 is 15.0 Å². The van der Waals surface area contributed by atoms with E-state index in [0.717, 1.165) is 22.4 Å². The van der Waals surface area contributed by atoms with Gasteiger partial charge in [0.2, 0.25) is 5.90 Å². The van der Waals surface area contributed by atoms with E-state index in [9.17, 15) is 13.2 Å². The monoisotopic (exact) mass is 717 g/mol. The average Bonchev–Trinajstić information content (AvgIpc) is 3.58. The van der Waals surface area contributed by atoms with Gasteiger partial charge in [0.15, 0.2) is 21.5 Å². The van der Waals surface area contributed by atoms with Gasteiger partial charge in [-0.2, -0.15) is 0 Å². The molecule has 0 radical (unpaired) electrons. The first-order chi connectivity index (χ1) is 25.2. The van der Waals surface area contributed by atoms with E-state index >= 15 is 0 Å². The molecule has 1 aliphatic heterocycles. The Hall–Kier alpha value is -5.45. The van der Waals surface area contributed by atoms with Crippen molar-refractivity contribution >= 4 is 27.3 Å². The predicted molar refractivity (Wildman–Crippen MR) is 204 cm³/mol. The van der Waals surface area contributed by atoms with Gasteiger partial charge in [-0.05, 0) is 70.8 Å². The molecule has 0 saturated heterocycles. The third-order valence-corrected chi connectivity index (χ3v) is 10.8. The van der Waals surface area contributed by atoms with Gasteiger partial charge in [0.1, 0.15) is 5.75 Å². The third kappa shape index (κ3) is 8.36. The molecule has 2 N–H and O–H groups in total. The van der Waals surface area contributed by atoms with Crippen molar-refractivity contribution < 1.29 is 27.8 Å². The van der Waals surface area contributed by atoms with Crippen molar-refractivity contribution in [3.63, 3.8) is 0 Å². The molecule has 0 unspecified atom stereocenters. The van der Waals surface area contributed by atoms with Crippen LogP contribution in [-0.2, 0) is 25.9 Å². The first-order valence-corrected chi connectivity index (χ1v) is 18.9. The number of sulfone groups is 1. The molecule has 2 atom stereocenters. The molecule has 1 aliphatic rings. The van der Waals surface area contributed by atoms with Gasteiger partial charge < -0.3 is 24.8 Å². The lowest BCUT2D eigenvalue weighted by molar-refractivity contribution is -0.129. The Morgan fingerprint density at radius 2 is 1.44 bits per heavy atom. The molecule has 5 aromatic carbocycles. The third-order valence-electron chi connectivity index (χ3n) is 9.11. The van der Waals surface area contributed by atoms with Gasteiger partial charge in [0.25, 0.3) is 5.91 Å². The zero-order valence-electron chi connectivity index (χ0n) is 29.3. The number of rotatable bonds is 15. The number of aliphatic hydroxyl groups is 1. The fraction of sp³-hybridized carbons (Fsp3) is 0.238. The van der Waals surface area contributed by atoms with Crippen LogP contribution in [0.3, 0.4) is 0 Å². The highest BCUT2D eigenvalue weighted by Gasteiger charge is 2.53. The van der Waals surface area contributed by atoms with Crippen molar-refractivity contribution in [1.29, 1.82) is 0 Å². The van der Waals surface area contributed by atoms with Gasteiger partial charge in [0, 0.05) is 51.3 Å². The maximum Gasteiger partial charge on any atom is 0.252 e. The van der Waals surface area contributed by atoms with E-state index in [0.29, 0.717) is 29.9 Å². The number of aliphatic hydroxyl groups excluding tert-OH is 1. The Morgan fingerprint density at radius 1 is 0.827 bits per heavy atom. The van der Waals surface area contributed by atoms with E-state index in [4.69, 9.17) is 19.6 Å². The second-order valence-corrected chi connectivity index (χ2v) is 15.0. The maximum absolute atomic E-state index is 14.7. The zero-order chi connectivity index (χ0) is 36.6. The highest BCUT2D eigenvalue weighted by atomic mass is 32.2. The first-order valence-electron chi connectivity index (χ1n) is 17.3. The Morgan fingerprint density at radius 3 is 2.08 bits per heavy atom. The molecule has 1 amide bonds. The van der Waals surface area contributed by atoms with E-state index < -0.39 is 27.4 Å². The Bertz CT molecular complexity index is 2070. The molecule has 0 bridgehead atoms. The number of hydrogen-bond acceptors (Lipinski definition) is 8. The molecule has 0 aliphatic carbocycles. The Kier molecular flexibility index (Phi) is 11.4. The number of nitrogens with zero attached hydrogens (tertiary/aromatic N) is 2. The molecule has 52 heavy (non-hydrogen) atoms. The summed E-state index contributed by atoms with van der Waals surface area (Å²) in [5.41, 5.74) is 3.60. The first kappa shape index (κ1) is 36.3. The number of hydrogen-bond donors (Lipinski definition) is 2. The van der Waals surface area contributed by atoms with Crippen LogP contribution in [0.1, 0.15) is 35.6 Å². The SMILES string of the molecule is CN(C)c1ccc(CNC(=O)[C@]2(CCS(=O)(=O)c3ccccc3)N=C(c3ccc(OCCCO)cc3)O[C@@H]2c2ccc(-c3ccccc3)cc2)cc1. The summed E-state index contributed by atoms with van der Waals surface area (Å²) in [5, 5.41) is 12.2. The standard InChI is InChI=1S/C42H43N3O6S/c1-45(2)36-22-14-31(15-23-36)30-43-41(47)42(26-29-52(48,49)38-12-7-4-8-13-38)39(34-18-16-33(17-19-34)32-10-5-3-6-11-32)51-40(44-42)35-20-24-37(25-21-35)50-28-9-27-46/h3-8,10-25,39,46H,9,26-30H2,1-2H3,(H,43,47)/t39-,42-/m1/s1. The second-order valence-electron chi connectivity index (χ2n) is 12.9. The lowest BCUT2D eigenvalue weighted by Gasteiger charge is -2.31. The van der Waals surface area contributed by atoms with Crippen LogP contribution in [-0.4, -0.2) is 63.9 Å².